The molecule has 1 N–H and O–H groups in total. The highest BCUT2D eigenvalue weighted by atomic mass is 35.5. The highest BCUT2D eigenvalue weighted by Crippen LogP contribution is 2.22. The Morgan fingerprint density at radius 1 is 1.23 bits per heavy atom. The number of carbonyl (C=O) groups is 1. The molecule has 1 aromatic heterocycles. The average molecular weight is 372 g/mol. The zero-order chi connectivity index (χ0) is 18.7. The number of nitrogens with one attached hydrogen (secondary N) is 1. The first kappa shape index (κ1) is 17.6. The van der Waals surface area contributed by atoms with Crippen LogP contribution in [0.15, 0.2) is 53.1 Å². The van der Waals surface area contributed by atoms with E-state index in [1.54, 1.807) is 49.4 Å². The van der Waals surface area contributed by atoms with Crippen molar-refractivity contribution >= 4 is 23.2 Å². The number of carbonyl (C=O) groups excluding carboxylic acids is 1. The maximum atomic E-state index is 12.2. The molecule has 3 rings (SSSR count). The van der Waals surface area contributed by atoms with Gasteiger partial charge in [0.15, 0.2) is 5.76 Å². The minimum absolute atomic E-state index is 0.0934. The molecule has 0 bridgehead atoms. The molecule has 0 fully saturated rings. The zero-order valence-electron chi connectivity index (χ0n) is 13.7. The zero-order valence-corrected chi connectivity index (χ0v) is 14.5. The van der Waals surface area contributed by atoms with Crippen LogP contribution in [0.5, 0.6) is 0 Å². The highest BCUT2D eigenvalue weighted by Gasteiger charge is 2.15. The van der Waals surface area contributed by atoms with Gasteiger partial charge in [-0.3, -0.25) is 14.9 Å². The number of nitro groups is 1. The molecule has 1 amide bonds. The Labute approximate surface area is 153 Å². The van der Waals surface area contributed by atoms with E-state index in [9.17, 15) is 14.9 Å². The molecule has 26 heavy (non-hydrogen) atoms. The highest BCUT2D eigenvalue weighted by molar-refractivity contribution is 6.30. The number of amides is 1. The van der Waals surface area contributed by atoms with Crippen molar-refractivity contribution in [3.63, 3.8) is 0 Å². The van der Waals surface area contributed by atoms with Gasteiger partial charge >= 0.3 is 0 Å². The standard InChI is InChI=1S/C18H14ClN3O4/c1-11-2-3-13(8-16(11)22(24)25)18(23)20-10-15-9-17(26-21-15)12-4-6-14(19)7-5-12/h2-9H,10H2,1H3,(H,20,23). The van der Waals surface area contributed by atoms with Crippen LogP contribution in [0.25, 0.3) is 11.3 Å². The number of aromatic nitrogens is 1. The van der Waals surface area contributed by atoms with Gasteiger partial charge < -0.3 is 9.84 Å². The van der Waals surface area contributed by atoms with Crippen molar-refractivity contribution in [1.29, 1.82) is 0 Å². The van der Waals surface area contributed by atoms with Crippen LogP contribution in [-0.2, 0) is 6.54 Å². The largest absolute Gasteiger partial charge is 0.356 e. The second kappa shape index (κ2) is 7.37. The summed E-state index contributed by atoms with van der Waals surface area (Å²) in [6.07, 6.45) is 0. The summed E-state index contributed by atoms with van der Waals surface area (Å²) >= 11 is 5.85. The Balaban J connectivity index is 1.68. The van der Waals surface area contributed by atoms with Crippen molar-refractivity contribution in [2.45, 2.75) is 13.5 Å². The van der Waals surface area contributed by atoms with Gasteiger partial charge in [-0.25, -0.2) is 0 Å². The SMILES string of the molecule is Cc1ccc(C(=O)NCc2cc(-c3ccc(Cl)cc3)on2)cc1[N+](=O)[O-]. The summed E-state index contributed by atoms with van der Waals surface area (Å²) in [5, 5.41) is 18.2. The molecular weight excluding hydrogens is 358 g/mol. The van der Waals surface area contributed by atoms with Gasteiger partial charge in [-0.05, 0) is 37.3 Å². The molecule has 0 saturated carbocycles. The normalized spacial score (nSPS) is 10.5. The summed E-state index contributed by atoms with van der Waals surface area (Å²) < 4.78 is 5.26. The number of rotatable bonds is 5. The van der Waals surface area contributed by atoms with Crippen LogP contribution in [0.1, 0.15) is 21.6 Å². The molecule has 0 aliphatic rings. The van der Waals surface area contributed by atoms with Crippen LogP contribution in [0, 0.1) is 17.0 Å². The van der Waals surface area contributed by atoms with Crippen molar-refractivity contribution in [3.8, 4) is 11.3 Å². The van der Waals surface area contributed by atoms with Crippen LogP contribution in [0.4, 0.5) is 5.69 Å². The Kier molecular flexibility index (Phi) is 4.99. The van der Waals surface area contributed by atoms with E-state index in [-0.39, 0.29) is 17.8 Å². The average Bonchev–Trinajstić information content (AvgIpc) is 3.09. The fraction of sp³-hybridized carbons (Fsp3) is 0.111. The molecule has 0 aliphatic heterocycles. The molecule has 0 unspecified atom stereocenters. The first-order valence-electron chi connectivity index (χ1n) is 7.69. The van der Waals surface area contributed by atoms with E-state index in [0.29, 0.717) is 22.0 Å². The van der Waals surface area contributed by atoms with E-state index >= 15 is 0 Å². The van der Waals surface area contributed by atoms with E-state index in [2.05, 4.69) is 10.5 Å². The van der Waals surface area contributed by atoms with Gasteiger partial charge in [0.25, 0.3) is 11.6 Å². The van der Waals surface area contributed by atoms with E-state index < -0.39 is 10.8 Å². The molecule has 132 valence electrons. The van der Waals surface area contributed by atoms with Crippen LogP contribution < -0.4 is 5.32 Å². The molecule has 0 radical (unpaired) electrons. The van der Waals surface area contributed by atoms with Crippen LogP contribution in [-0.4, -0.2) is 16.0 Å². The lowest BCUT2D eigenvalue weighted by Gasteiger charge is -2.04. The third-order valence-electron chi connectivity index (χ3n) is 3.79. The molecule has 3 aromatic rings. The van der Waals surface area contributed by atoms with Gasteiger partial charge in [-0.15, -0.1) is 0 Å². The molecule has 1 heterocycles. The quantitative estimate of drug-likeness (QED) is 0.536. The molecule has 0 spiro atoms. The summed E-state index contributed by atoms with van der Waals surface area (Å²) in [6.45, 7) is 1.76. The van der Waals surface area contributed by atoms with Crippen molar-refractivity contribution in [3.05, 3.63) is 80.5 Å². The van der Waals surface area contributed by atoms with Gasteiger partial charge in [-0.1, -0.05) is 22.8 Å². The Morgan fingerprint density at radius 3 is 2.65 bits per heavy atom. The van der Waals surface area contributed by atoms with E-state index in [1.165, 1.54) is 6.07 Å². The maximum Gasteiger partial charge on any atom is 0.273 e. The van der Waals surface area contributed by atoms with Crippen molar-refractivity contribution < 1.29 is 14.2 Å². The molecule has 8 heteroatoms. The van der Waals surface area contributed by atoms with Crippen LogP contribution in [0.2, 0.25) is 5.02 Å². The minimum atomic E-state index is -0.512. The van der Waals surface area contributed by atoms with E-state index in [4.69, 9.17) is 16.1 Å². The predicted octanol–water partition coefficient (Wildman–Crippen LogP) is 4.14. The molecule has 0 saturated heterocycles. The molecular formula is C18H14ClN3O4. The smallest absolute Gasteiger partial charge is 0.273 e. The number of aryl methyl sites for hydroxylation is 1. The predicted molar refractivity (Wildman–Crippen MR) is 96.0 cm³/mol. The summed E-state index contributed by atoms with van der Waals surface area (Å²) in [5.74, 6) is 0.126. The van der Waals surface area contributed by atoms with Crippen LogP contribution >= 0.6 is 11.6 Å². The van der Waals surface area contributed by atoms with Gasteiger partial charge in [0, 0.05) is 33.8 Å². The second-order valence-corrected chi connectivity index (χ2v) is 6.07. The number of hydrogen-bond donors (Lipinski definition) is 1. The van der Waals surface area contributed by atoms with E-state index in [1.807, 2.05) is 0 Å². The monoisotopic (exact) mass is 371 g/mol. The van der Waals surface area contributed by atoms with Gasteiger partial charge in [-0.2, -0.15) is 0 Å². The number of halogens is 1. The summed E-state index contributed by atoms with van der Waals surface area (Å²) in [7, 11) is 0. The first-order chi connectivity index (χ1) is 12.4. The van der Waals surface area contributed by atoms with Crippen molar-refractivity contribution in [2.24, 2.45) is 0 Å². The molecule has 0 aliphatic carbocycles. The topological polar surface area (TPSA) is 98.3 Å². The second-order valence-electron chi connectivity index (χ2n) is 5.63. The number of nitro benzene ring substituents is 1. The third-order valence-corrected chi connectivity index (χ3v) is 4.04. The summed E-state index contributed by atoms with van der Waals surface area (Å²) in [5.41, 5.74) is 1.96. The fourth-order valence-corrected chi connectivity index (χ4v) is 2.49. The van der Waals surface area contributed by atoms with Gasteiger partial charge in [0.2, 0.25) is 0 Å². The molecule has 2 aromatic carbocycles. The fourth-order valence-electron chi connectivity index (χ4n) is 2.37. The Morgan fingerprint density at radius 2 is 1.96 bits per heavy atom. The van der Waals surface area contributed by atoms with Gasteiger partial charge in [0.05, 0.1) is 11.5 Å². The summed E-state index contributed by atoms with van der Waals surface area (Å²) in [6, 6.07) is 13.1. The Bertz CT molecular complexity index is 967. The van der Waals surface area contributed by atoms with Crippen molar-refractivity contribution in [1.82, 2.24) is 10.5 Å². The molecule has 0 atom stereocenters. The Hall–Kier alpha value is -3.19. The lowest BCUT2D eigenvalue weighted by Crippen LogP contribution is -2.23. The van der Waals surface area contributed by atoms with E-state index in [0.717, 1.165) is 5.56 Å². The minimum Gasteiger partial charge on any atom is -0.356 e. The number of nitrogens with zero attached hydrogens (tertiary/aromatic N) is 2. The van der Waals surface area contributed by atoms with Crippen molar-refractivity contribution in [2.75, 3.05) is 0 Å². The first-order valence-corrected chi connectivity index (χ1v) is 8.06. The molecule has 7 nitrogen and oxygen atoms in total. The maximum absolute atomic E-state index is 12.2. The lowest BCUT2D eigenvalue weighted by molar-refractivity contribution is -0.385. The lowest BCUT2D eigenvalue weighted by atomic mass is 10.1. The third kappa shape index (κ3) is 3.89. The number of hydrogen-bond acceptors (Lipinski definition) is 5. The van der Waals surface area contributed by atoms with Gasteiger partial charge in [0.1, 0.15) is 5.69 Å². The number of benzene rings is 2. The van der Waals surface area contributed by atoms with Crippen LogP contribution in [0.3, 0.4) is 0 Å². The summed E-state index contributed by atoms with van der Waals surface area (Å²) in [4.78, 5) is 22.7.